The second-order valence-corrected chi connectivity index (χ2v) is 8.61. The van der Waals surface area contributed by atoms with Crippen molar-refractivity contribution >= 4 is 22.7 Å². The molecule has 2 aromatic heterocycles. The lowest BCUT2D eigenvalue weighted by atomic mass is 10.0. The van der Waals surface area contributed by atoms with Crippen molar-refractivity contribution in [3.8, 4) is 0 Å². The van der Waals surface area contributed by atoms with Crippen LogP contribution >= 0.6 is 22.7 Å². The van der Waals surface area contributed by atoms with Crippen LogP contribution in [0.5, 0.6) is 0 Å². The molecule has 128 valence electrons. The maximum absolute atomic E-state index is 2.27. The van der Waals surface area contributed by atoms with Gasteiger partial charge in [-0.3, -0.25) is 0 Å². The number of thiophene rings is 2. The summed E-state index contributed by atoms with van der Waals surface area (Å²) in [6.45, 7) is 0. The minimum absolute atomic E-state index is 1.29. The number of hydrogen-bond donors (Lipinski definition) is 0. The third kappa shape index (κ3) is 9.32. The first-order chi connectivity index (χ1) is 11.4. The molecule has 2 rings (SSSR count). The Morgan fingerprint density at radius 3 is 1.13 bits per heavy atom. The molecule has 0 radical (unpaired) electrons. The monoisotopic (exact) mass is 348 g/mol. The van der Waals surface area contributed by atoms with E-state index in [1.165, 1.54) is 83.5 Å². The van der Waals surface area contributed by atoms with E-state index >= 15 is 0 Å². The third-order valence-electron chi connectivity index (χ3n) is 4.51. The van der Waals surface area contributed by atoms with Gasteiger partial charge in [-0.25, -0.2) is 0 Å². The highest BCUT2D eigenvalue weighted by molar-refractivity contribution is 7.10. The summed E-state index contributed by atoms with van der Waals surface area (Å²) in [5.74, 6) is 0. The van der Waals surface area contributed by atoms with Gasteiger partial charge in [0, 0.05) is 9.75 Å². The van der Waals surface area contributed by atoms with Crippen LogP contribution < -0.4 is 0 Å². The Morgan fingerprint density at radius 2 is 0.826 bits per heavy atom. The molecule has 0 nitrogen and oxygen atoms in total. The zero-order valence-electron chi connectivity index (χ0n) is 14.5. The molecule has 0 bridgehead atoms. The predicted octanol–water partition coefficient (Wildman–Crippen LogP) is 7.89. The number of rotatable bonds is 14. The maximum Gasteiger partial charge on any atom is 0.00452 e. The zero-order chi connectivity index (χ0) is 16.0. The summed E-state index contributed by atoms with van der Waals surface area (Å²) in [6.07, 6.45) is 18.3. The van der Waals surface area contributed by atoms with Gasteiger partial charge in [0.05, 0.1) is 0 Å². The van der Waals surface area contributed by atoms with E-state index in [2.05, 4.69) is 35.0 Å². The Morgan fingerprint density at radius 1 is 0.478 bits per heavy atom. The smallest absolute Gasteiger partial charge is 0.00452 e. The highest BCUT2D eigenvalue weighted by Gasteiger charge is 1.97. The molecule has 0 aliphatic carbocycles. The quantitative estimate of drug-likeness (QED) is 0.304. The molecule has 0 aliphatic heterocycles. The predicted molar refractivity (Wildman–Crippen MR) is 107 cm³/mol. The van der Waals surface area contributed by atoms with E-state index in [0.717, 1.165) is 0 Å². The number of hydrogen-bond acceptors (Lipinski definition) is 2. The molecule has 0 unspecified atom stereocenters. The first-order valence-electron chi connectivity index (χ1n) is 9.50. The molecular formula is C21H32S2. The van der Waals surface area contributed by atoms with Crippen LogP contribution in [0.25, 0.3) is 0 Å². The van der Waals surface area contributed by atoms with Gasteiger partial charge in [-0.05, 0) is 48.6 Å². The van der Waals surface area contributed by atoms with Crippen LogP contribution in [0.1, 0.15) is 80.4 Å². The molecule has 0 aromatic carbocycles. The molecule has 23 heavy (non-hydrogen) atoms. The van der Waals surface area contributed by atoms with Crippen molar-refractivity contribution in [2.45, 2.75) is 83.5 Å². The fourth-order valence-corrected chi connectivity index (χ4v) is 4.60. The van der Waals surface area contributed by atoms with Crippen LogP contribution in [-0.4, -0.2) is 0 Å². The lowest BCUT2D eigenvalue weighted by Crippen LogP contribution is -1.85. The lowest BCUT2D eigenvalue weighted by molar-refractivity contribution is 0.546. The average molecular weight is 349 g/mol. The minimum Gasteiger partial charge on any atom is -0.149 e. The Labute approximate surface area is 151 Å². The van der Waals surface area contributed by atoms with Gasteiger partial charge in [-0.15, -0.1) is 22.7 Å². The van der Waals surface area contributed by atoms with Crippen LogP contribution in [0, 0.1) is 0 Å². The summed E-state index contributed by atoms with van der Waals surface area (Å²) >= 11 is 3.81. The van der Waals surface area contributed by atoms with Gasteiger partial charge in [-0.1, -0.05) is 69.9 Å². The second kappa shape index (κ2) is 12.8. The summed E-state index contributed by atoms with van der Waals surface area (Å²) in [5, 5.41) is 4.38. The lowest BCUT2D eigenvalue weighted by Gasteiger charge is -2.03. The van der Waals surface area contributed by atoms with Gasteiger partial charge in [0.2, 0.25) is 0 Å². The van der Waals surface area contributed by atoms with E-state index < -0.39 is 0 Å². The van der Waals surface area contributed by atoms with Crippen LogP contribution in [0.2, 0.25) is 0 Å². The fraction of sp³-hybridized carbons (Fsp3) is 0.619. The first-order valence-corrected chi connectivity index (χ1v) is 11.3. The van der Waals surface area contributed by atoms with Crippen molar-refractivity contribution in [2.24, 2.45) is 0 Å². The molecule has 0 fully saturated rings. The molecular weight excluding hydrogens is 316 g/mol. The highest BCUT2D eigenvalue weighted by Crippen LogP contribution is 2.16. The summed E-state index contributed by atoms with van der Waals surface area (Å²) in [4.78, 5) is 3.12. The Hall–Kier alpha value is -0.600. The molecule has 0 amide bonds. The summed E-state index contributed by atoms with van der Waals surface area (Å²) < 4.78 is 0. The SMILES string of the molecule is c1csc(CCCCCCCCCCCCCc2cccs2)c1. The molecule has 2 heteroatoms. The molecule has 0 spiro atoms. The molecule has 0 atom stereocenters. The van der Waals surface area contributed by atoms with Crippen LogP contribution in [-0.2, 0) is 12.8 Å². The minimum atomic E-state index is 1.29. The van der Waals surface area contributed by atoms with Crippen LogP contribution in [0.15, 0.2) is 35.0 Å². The largest absolute Gasteiger partial charge is 0.149 e. The van der Waals surface area contributed by atoms with Gasteiger partial charge >= 0.3 is 0 Å². The second-order valence-electron chi connectivity index (χ2n) is 6.55. The van der Waals surface area contributed by atoms with Crippen molar-refractivity contribution in [1.82, 2.24) is 0 Å². The van der Waals surface area contributed by atoms with Gasteiger partial charge in [0.25, 0.3) is 0 Å². The Bertz CT molecular complexity index is 412. The first kappa shape index (κ1) is 18.7. The molecule has 0 N–H and O–H groups in total. The van der Waals surface area contributed by atoms with E-state index in [0.29, 0.717) is 0 Å². The van der Waals surface area contributed by atoms with E-state index in [4.69, 9.17) is 0 Å². The number of aryl methyl sites for hydroxylation is 2. The van der Waals surface area contributed by atoms with E-state index in [1.54, 1.807) is 9.75 Å². The topological polar surface area (TPSA) is 0 Å². The van der Waals surface area contributed by atoms with Crippen molar-refractivity contribution in [3.63, 3.8) is 0 Å². The van der Waals surface area contributed by atoms with Gasteiger partial charge in [-0.2, -0.15) is 0 Å². The van der Waals surface area contributed by atoms with E-state index in [9.17, 15) is 0 Å². The van der Waals surface area contributed by atoms with Crippen molar-refractivity contribution < 1.29 is 0 Å². The molecule has 2 heterocycles. The van der Waals surface area contributed by atoms with Crippen LogP contribution in [0.4, 0.5) is 0 Å². The maximum atomic E-state index is 2.27. The molecule has 0 aliphatic rings. The Balaban J connectivity index is 1.27. The Kier molecular flexibility index (Phi) is 10.4. The molecule has 2 aromatic rings. The summed E-state index contributed by atoms with van der Waals surface area (Å²) in [7, 11) is 0. The van der Waals surface area contributed by atoms with Gasteiger partial charge in [0.1, 0.15) is 0 Å². The molecule has 0 saturated carbocycles. The zero-order valence-corrected chi connectivity index (χ0v) is 16.1. The van der Waals surface area contributed by atoms with Gasteiger partial charge in [0.15, 0.2) is 0 Å². The number of unbranched alkanes of at least 4 members (excludes halogenated alkanes) is 10. The van der Waals surface area contributed by atoms with Crippen LogP contribution in [0.3, 0.4) is 0 Å². The van der Waals surface area contributed by atoms with Crippen molar-refractivity contribution in [1.29, 1.82) is 0 Å². The average Bonchev–Trinajstić information content (AvgIpc) is 3.25. The standard InChI is InChI=1S/C21H32S2/c1(2-4-6-8-10-14-20-16-12-18-22-20)3-5-7-9-11-15-21-17-13-19-23-21/h12-13,16-19H,1-11,14-15H2. The van der Waals surface area contributed by atoms with E-state index in [1.807, 2.05) is 22.7 Å². The highest BCUT2D eigenvalue weighted by atomic mass is 32.1. The van der Waals surface area contributed by atoms with Crippen molar-refractivity contribution in [3.05, 3.63) is 44.8 Å². The van der Waals surface area contributed by atoms with Gasteiger partial charge < -0.3 is 0 Å². The fourth-order valence-electron chi connectivity index (χ4n) is 3.10. The summed E-state index contributed by atoms with van der Waals surface area (Å²) in [5.41, 5.74) is 0. The van der Waals surface area contributed by atoms with Crippen molar-refractivity contribution in [2.75, 3.05) is 0 Å². The molecule has 0 saturated heterocycles. The summed E-state index contributed by atoms with van der Waals surface area (Å²) in [6, 6.07) is 8.88. The van der Waals surface area contributed by atoms with E-state index in [-0.39, 0.29) is 0 Å². The normalized spacial score (nSPS) is 11.1. The third-order valence-corrected chi connectivity index (χ3v) is 6.38.